The van der Waals surface area contributed by atoms with Gasteiger partial charge in [-0.3, -0.25) is 4.79 Å². The van der Waals surface area contributed by atoms with E-state index >= 15 is 0 Å². The number of anilines is 2. The van der Waals surface area contributed by atoms with Gasteiger partial charge in [0.25, 0.3) is 0 Å². The molecule has 0 saturated heterocycles. The van der Waals surface area contributed by atoms with E-state index in [1.165, 1.54) is 17.8 Å². The molecule has 0 aliphatic rings. The summed E-state index contributed by atoms with van der Waals surface area (Å²) >= 11 is 1.24. The number of hydrogen-bond donors (Lipinski definition) is 3. The molecule has 5 N–H and O–H groups in total. The summed E-state index contributed by atoms with van der Waals surface area (Å²) in [4.78, 5) is 25.0. The lowest BCUT2D eigenvalue weighted by Crippen LogP contribution is -2.11. The Morgan fingerprint density at radius 1 is 0.963 bits per heavy atom. The normalized spacial score (nSPS) is 12.1. The number of hydrogen-bond acceptors (Lipinski definition) is 6. The van der Waals surface area contributed by atoms with Gasteiger partial charge in [0.2, 0.25) is 0 Å². The Morgan fingerprint density at radius 3 is 2.37 bits per heavy atom. The third-order valence-corrected chi connectivity index (χ3v) is 5.28. The van der Waals surface area contributed by atoms with Gasteiger partial charge in [-0.2, -0.15) is 0 Å². The Labute approximate surface area is 160 Å². The molecular weight excluding hydrogens is 358 g/mol. The van der Waals surface area contributed by atoms with Gasteiger partial charge in [-0.05, 0) is 11.6 Å². The molecule has 0 fully saturated rings. The molecule has 0 aliphatic heterocycles. The lowest BCUT2D eigenvalue weighted by molar-refractivity contribution is 0.0991. The highest BCUT2D eigenvalue weighted by atomic mass is 32.2. The maximum Gasteiger partial charge on any atom is 0.192 e. The van der Waals surface area contributed by atoms with Crippen LogP contribution in [0.25, 0.3) is 10.9 Å². The van der Waals surface area contributed by atoms with Crippen LogP contribution in [0.4, 0.5) is 11.6 Å². The SMILES string of the molecule is Nc1cc(N)nc(SC(C(=O)c2c[nH]c3ccccc23)c2ccccc2)n1. The van der Waals surface area contributed by atoms with Crippen molar-refractivity contribution in [1.82, 2.24) is 15.0 Å². The highest BCUT2D eigenvalue weighted by Gasteiger charge is 2.26. The fraction of sp³-hybridized carbons (Fsp3) is 0.0500. The minimum atomic E-state index is -0.522. The molecule has 0 saturated carbocycles. The largest absolute Gasteiger partial charge is 0.383 e. The zero-order chi connectivity index (χ0) is 18.8. The molecule has 4 rings (SSSR count). The molecule has 2 aromatic heterocycles. The van der Waals surface area contributed by atoms with Gasteiger partial charge >= 0.3 is 0 Å². The molecule has 2 aromatic carbocycles. The second kappa shape index (κ2) is 7.13. The molecule has 0 bridgehead atoms. The van der Waals surface area contributed by atoms with Crippen molar-refractivity contribution in [1.29, 1.82) is 0 Å². The van der Waals surface area contributed by atoms with E-state index in [-0.39, 0.29) is 17.4 Å². The molecule has 0 amide bonds. The summed E-state index contributed by atoms with van der Waals surface area (Å²) < 4.78 is 0. The molecule has 6 nitrogen and oxygen atoms in total. The van der Waals surface area contributed by atoms with Gasteiger partial charge in [0, 0.05) is 28.7 Å². The first-order valence-electron chi connectivity index (χ1n) is 8.34. The monoisotopic (exact) mass is 375 g/mol. The van der Waals surface area contributed by atoms with Crippen molar-refractivity contribution in [3.05, 3.63) is 78.0 Å². The Balaban J connectivity index is 1.77. The maximum absolute atomic E-state index is 13.4. The summed E-state index contributed by atoms with van der Waals surface area (Å²) in [5.41, 5.74) is 14.0. The zero-order valence-corrected chi connectivity index (χ0v) is 15.1. The van der Waals surface area contributed by atoms with Crippen LogP contribution in [-0.4, -0.2) is 20.7 Å². The second-order valence-corrected chi connectivity index (χ2v) is 7.09. The molecule has 134 valence electrons. The van der Waals surface area contributed by atoms with Crippen LogP contribution in [0.1, 0.15) is 21.2 Å². The number of thioether (sulfide) groups is 1. The number of aromatic nitrogens is 3. The number of Topliss-reactive ketones (excluding diaryl/α,β-unsaturated/α-hetero) is 1. The van der Waals surface area contributed by atoms with E-state index in [0.29, 0.717) is 10.7 Å². The van der Waals surface area contributed by atoms with Crippen molar-refractivity contribution in [3.63, 3.8) is 0 Å². The molecule has 1 unspecified atom stereocenters. The Morgan fingerprint density at radius 2 is 1.63 bits per heavy atom. The van der Waals surface area contributed by atoms with Crippen LogP contribution in [0.2, 0.25) is 0 Å². The van der Waals surface area contributed by atoms with Crippen LogP contribution in [0, 0.1) is 0 Å². The van der Waals surface area contributed by atoms with Gasteiger partial charge < -0.3 is 16.5 Å². The first-order chi connectivity index (χ1) is 13.1. The van der Waals surface area contributed by atoms with Crippen LogP contribution in [-0.2, 0) is 0 Å². The van der Waals surface area contributed by atoms with Gasteiger partial charge in [-0.15, -0.1) is 0 Å². The molecular formula is C20H17N5OS. The summed E-state index contributed by atoms with van der Waals surface area (Å²) in [6.45, 7) is 0. The second-order valence-electron chi connectivity index (χ2n) is 6.02. The van der Waals surface area contributed by atoms with Crippen molar-refractivity contribution in [2.45, 2.75) is 10.4 Å². The van der Waals surface area contributed by atoms with E-state index in [0.717, 1.165) is 16.5 Å². The van der Waals surface area contributed by atoms with Crippen molar-refractivity contribution >= 4 is 40.1 Å². The number of aromatic amines is 1. The van der Waals surface area contributed by atoms with Gasteiger partial charge in [-0.25, -0.2) is 9.97 Å². The summed E-state index contributed by atoms with van der Waals surface area (Å²) in [5.74, 6) is 0.515. The summed E-state index contributed by atoms with van der Waals surface area (Å²) in [6, 6.07) is 18.8. The number of H-pyrrole nitrogens is 1. The van der Waals surface area contributed by atoms with Crippen molar-refractivity contribution in [2.75, 3.05) is 11.5 Å². The number of para-hydroxylation sites is 1. The Bertz CT molecular complexity index is 1090. The van der Waals surface area contributed by atoms with E-state index in [1.54, 1.807) is 6.20 Å². The fourth-order valence-corrected chi connectivity index (χ4v) is 3.99. The third kappa shape index (κ3) is 3.50. The number of carbonyl (C=O) groups excluding carboxylic acids is 1. The van der Waals surface area contributed by atoms with Crippen LogP contribution < -0.4 is 11.5 Å². The maximum atomic E-state index is 13.4. The highest BCUT2D eigenvalue weighted by Crippen LogP contribution is 2.38. The Kier molecular flexibility index (Phi) is 4.52. The number of nitrogens with one attached hydrogen (secondary N) is 1. The quantitative estimate of drug-likeness (QED) is 0.278. The van der Waals surface area contributed by atoms with Crippen LogP contribution in [0.3, 0.4) is 0 Å². The van der Waals surface area contributed by atoms with Crippen molar-refractivity contribution < 1.29 is 4.79 Å². The van der Waals surface area contributed by atoms with E-state index in [4.69, 9.17) is 11.5 Å². The van der Waals surface area contributed by atoms with Crippen LogP contribution in [0.5, 0.6) is 0 Å². The first kappa shape index (κ1) is 17.1. The topological polar surface area (TPSA) is 111 Å². The predicted molar refractivity (Wildman–Crippen MR) is 109 cm³/mol. The van der Waals surface area contributed by atoms with Gasteiger partial charge in [-0.1, -0.05) is 60.3 Å². The number of ketones is 1. The van der Waals surface area contributed by atoms with Crippen LogP contribution in [0.15, 0.2) is 72.0 Å². The van der Waals surface area contributed by atoms with Gasteiger partial charge in [0.15, 0.2) is 10.9 Å². The average Bonchev–Trinajstić information content (AvgIpc) is 3.10. The summed E-state index contributed by atoms with van der Waals surface area (Å²) in [7, 11) is 0. The summed E-state index contributed by atoms with van der Waals surface area (Å²) in [5, 5.41) is 0.734. The van der Waals surface area contributed by atoms with E-state index in [9.17, 15) is 4.79 Å². The van der Waals surface area contributed by atoms with Crippen molar-refractivity contribution in [2.24, 2.45) is 0 Å². The molecule has 0 spiro atoms. The lowest BCUT2D eigenvalue weighted by atomic mass is 10.0. The minimum Gasteiger partial charge on any atom is -0.383 e. The van der Waals surface area contributed by atoms with Crippen LogP contribution >= 0.6 is 11.8 Å². The molecule has 27 heavy (non-hydrogen) atoms. The third-order valence-electron chi connectivity index (χ3n) is 4.16. The van der Waals surface area contributed by atoms with Gasteiger partial charge in [0.05, 0.1) is 0 Å². The number of fused-ring (bicyclic) bond motifs is 1. The highest BCUT2D eigenvalue weighted by molar-refractivity contribution is 8.00. The molecule has 7 heteroatoms. The van der Waals surface area contributed by atoms with Gasteiger partial charge in [0.1, 0.15) is 16.9 Å². The number of nitrogens with two attached hydrogens (primary N) is 2. The zero-order valence-electron chi connectivity index (χ0n) is 14.3. The molecule has 1 atom stereocenters. The smallest absolute Gasteiger partial charge is 0.192 e. The van der Waals surface area contributed by atoms with Crippen molar-refractivity contribution in [3.8, 4) is 0 Å². The minimum absolute atomic E-state index is 0.0340. The number of benzene rings is 2. The average molecular weight is 375 g/mol. The number of rotatable bonds is 5. The molecule has 2 heterocycles. The fourth-order valence-electron chi connectivity index (χ4n) is 2.94. The first-order valence-corrected chi connectivity index (χ1v) is 9.22. The van der Waals surface area contributed by atoms with E-state index < -0.39 is 5.25 Å². The molecule has 4 aromatic rings. The Hall–Kier alpha value is -3.32. The lowest BCUT2D eigenvalue weighted by Gasteiger charge is -2.15. The molecule has 0 radical (unpaired) electrons. The number of nitrogens with zero attached hydrogens (tertiary/aromatic N) is 2. The number of nitrogen functional groups attached to an aromatic ring is 2. The molecule has 0 aliphatic carbocycles. The summed E-state index contributed by atoms with van der Waals surface area (Å²) in [6.07, 6.45) is 1.75. The van der Waals surface area contributed by atoms with E-state index in [2.05, 4.69) is 15.0 Å². The van der Waals surface area contributed by atoms with E-state index in [1.807, 2.05) is 54.6 Å². The number of carbonyl (C=O) groups is 1. The standard InChI is InChI=1S/C20H17N5OS/c21-16-10-17(22)25-20(24-16)27-19(12-6-2-1-3-7-12)18(26)14-11-23-15-9-5-4-8-13(14)15/h1-11,19,23H,(H4,21,22,24,25). The predicted octanol–water partition coefficient (Wildman–Crippen LogP) is 3.84.